The van der Waals surface area contributed by atoms with Crippen LogP contribution in [0.4, 0.5) is 14.5 Å². The van der Waals surface area contributed by atoms with Crippen molar-refractivity contribution in [3.8, 4) is 0 Å². The maximum atomic E-state index is 13.7. The van der Waals surface area contributed by atoms with Gasteiger partial charge in [-0.2, -0.15) is 0 Å². The minimum Gasteiger partial charge on any atom is -0.478 e. The monoisotopic (exact) mass is 311 g/mol. The number of amides is 1. The van der Waals surface area contributed by atoms with Crippen LogP contribution in [0.5, 0.6) is 0 Å². The number of para-hydroxylation sites is 1. The Morgan fingerprint density at radius 3 is 2.43 bits per heavy atom. The Kier molecular flexibility index (Phi) is 4.18. The van der Waals surface area contributed by atoms with Crippen molar-refractivity contribution in [2.24, 2.45) is 0 Å². The van der Waals surface area contributed by atoms with Crippen molar-refractivity contribution in [1.82, 2.24) is 0 Å². The molecule has 0 bridgehead atoms. The third-order valence-corrected chi connectivity index (χ3v) is 2.89. The van der Waals surface area contributed by atoms with Gasteiger partial charge in [0.05, 0.1) is 16.8 Å². The van der Waals surface area contributed by atoms with Gasteiger partial charge in [0.1, 0.15) is 11.6 Å². The van der Waals surface area contributed by atoms with Crippen LogP contribution in [0, 0.1) is 11.6 Å². The van der Waals surface area contributed by atoms with E-state index in [1.165, 1.54) is 12.1 Å². The van der Waals surface area contributed by atoms with Crippen molar-refractivity contribution in [1.29, 1.82) is 0 Å². The van der Waals surface area contributed by atoms with Crippen LogP contribution >= 0.6 is 11.6 Å². The Labute approximate surface area is 123 Å². The van der Waals surface area contributed by atoms with Crippen molar-refractivity contribution < 1.29 is 23.5 Å². The molecule has 0 fully saturated rings. The van der Waals surface area contributed by atoms with E-state index >= 15 is 0 Å². The van der Waals surface area contributed by atoms with E-state index in [4.69, 9.17) is 16.7 Å². The molecule has 1 amide bonds. The minimum absolute atomic E-state index is 0.119. The number of benzene rings is 2. The quantitative estimate of drug-likeness (QED) is 0.910. The number of nitrogens with one attached hydrogen (secondary N) is 1. The lowest BCUT2D eigenvalue weighted by Gasteiger charge is -2.10. The largest absolute Gasteiger partial charge is 0.478 e. The van der Waals surface area contributed by atoms with Crippen molar-refractivity contribution >= 4 is 29.2 Å². The molecule has 0 aliphatic heterocycles. The summed E-state index contributed by atoms with van der Waals surface area (Å²) in [5.74, 6) is -4.21. The molecule has 2 rings (SSSR count). The highest BCUT2D eigenvalue weighted by molar-refractivity contribution is 6.31. The van der Waals surface area contributed by atoms with Crippen LogP contribution in [0.2, 0.25) is 5.02 Å². The smallest absolute Gasteiger partial charge is 0.337 e. The molecule has 0 radical (unpaired) electrons. The van der Waals surface area contributed by atoms with Gasteiger partial charge in [0.2, 0.25) is 0 Å². The summed E-state index contributed by atoms with van der Waals surface area (Å²) in [4.78, 5) is 22.9. The fraction of sp³-hybridized carbons (Fsp3) is 0. The highest BCUT2D eigenvalue weighted by atomic mass is 35.5. The molecule has 2 aromatic carbocycles. The molecule has 0 aliphatic rings. The molecule has 0 aromatic heterocycles. The summed E-state index contributed by atoms with van der Waals surface area (Å²) >= 11 is 5.66. The first kappa shape index (κ1) is 14.9. The minimum atomic E-state index is -1.42. The SMILES string of the molecule is O=C(Nc1c(F)cccc1C(=O)O)c1cc(Cl)ccc1F. The number of carbonyl (C=O) groups is 2. The van der Waals surface area contributed by atoms with Crippen LogP contribution in [-0.2, 0) is 0 Å². The fourth-order valence-corrected chi connectivity index (χ4v) is 1.85. The number of hydrogen-bond donors (Lipinski definition) is 2. The van der Waals surface area contributed by atoms with E-state index in [1.807, 2.05) is 0 Å². The topological polar surface area (TPSA) is 66.4 Å². The molecule has 0 saturated carbocycles. The lowest BCUT2D eigenvalue weighted by Crippen LogP contribution is -2.17. The van der Waals surface area contributed by atoms with Gasteiger partial charge in [-0.05, 0) is 30.3 Å². The van der Waals surface area contributed by atoms with Crippen LogP contribution in [0.25, 0.3) is 0 Å². The second kappa shape index (κ2) is 5.88. The van der Waals surface area contributed by atoms with Crippen LogP contribution in [0.15, 0.2) is 36.4 Å². The van der Waals surface area contributed by atoms with Gasteiger partial charge in [0.15, 0.2) is 0 Å². The summed E-state index contributed by atoms with van der Waals surface area (Å²) in [7, 11) is 0. The number of anilines is 1. The highest BCUT2D eigenvalue weighted by Gasteiger charge is 2.19. The van der Waals surface area contributed by atoms with E-state index < -0.39 is 40.3 Å². The van der Waals surface area contributed by atoms with Crippen molar-refractivity contribution in [2.45, 2.75) is 0 Å². The van der Waals surface area contributed by atoms with Crippen LogP contribution in [0.3, 0.4) is 0 Å². The number of aromatic carboxylic acids is 1. The third kappa shape index (κ3) is 3.17. The number of hydrogen-bond acceptors (Lipinski definition) is 2. The molecule has 0 saturated heterocycles. The lowest BCUT2D eigenvalue weighted by molar-refractivity contribution is 0.0697. The Morgan fingerprint density at radius 1 is 1.05 bits per heavy atom. The second-order valence-corrected chi connectivity index (χ2v) is 4.48. The average molecular weight is 312 g/mol. The molecule has 2 aromatic rings. The molecule has 108 valence electrons. The first-order chi connectivity index (χ1) is 9.90. The first-order valence-electron chi connectivity index (χ1n) is 5.68. The molecule has 0 spiro atoms. The molecule has 0 heterocycles. The number of rotatable bonds is 3. The van der Waals surface area contributed by atoms with Gasteiger partial charge in [-0.25, -0.2) is 13.6 Å². The number of carboxylic acid groups (broad SMARTS) is 1. The summed E-state index contributed by atoms with van der Waals surface area (Å²) in [6, 6.07) is 6.59. The predicted molar refractivity (Wildman–Crippen MR) is 72.7 cm³/mol. The number of carboxylic acids is 1. The van der Waals surface area contributed by atoms with E-state index in [2.05, 4.69) is 5.32 Å². The molecule has 0 unspecified atom stereocenters. The molecule has 0 atom stereocenters. The first-order valence-corrected chi connectivity index (χ1v) is 6.06. The third-order valence-electron chi connectivity index (χ3n) is 2.66. The van der Waals surface area contributed by atoms with E-state index in [0.717, 1.165) is 24.3 Å². The molecular formula is C14H8ClF2NO3. The molecular weight excluding hydrogens is 304 g/mol. The lowest BCUT2D eigenvalue weighted by atomic mass is 10.1. The van der Waals surface area contributed by atoms with Crippen LogP contribution in [-0.4, -0.2) is 17.0 Å². The molecule has 0 aliphatic carbocycles. The van der Waals surface area contributed by atoms with E-state index in [-0.39, 0.29) is 5.02 Å². The van der Waals surface area contributed by atoms with E-state index in [1.54, 1.807) is 0 Å². The molecule has 21 heavy (non-hydrogen) atoms. The fourth-order valence-electron chi connectivity index (χ4n) is 1.68. The highest BCUT2D eigenvalue weighted by Crippen LogP contribution is 2.22. The number of halogens is 3. The summed E-state index contributed by atoms with van der Waals surface area (Å²) in [5, 5.41) is 11.1. The van der Waals surface area contributed by atoms with Crippen molar-refractivity contribution in [3.63, 3.8) is 0 Å². The molecule has 2 N–H and O–H groups in total. The Bertz CT molecular complexity index is 734. The zero-order chi connectivity index (χ0) is 15.6. The summed E-state index contributed by atoms with van der Waals surface area (Å²) in [6.07, 6.45) is 0. The zero-order valence-corrected chi connectivity index (χ0v) is 11.1. The second-order valence-electron chi connectivity index (χ2n) is 4.05. The van der Waals surface area contributed by atoms with E-state index in [9.17, 15) is 18.4 Å². The maximum absolute atomic E-state index is 13.7. The Morgan fingerprint density at radius 2 is 1.76 bits per heavy atom. The van der Waals surface area contributed by atoms with Gasteiger partial charge < -0.3 is 10.4 Å². The van der Waals surface area contributed by atoms with Gasteiger partial charge in [0.25, 0.3) is 5.91 Å². The van der Waals surface area contributed by atoms with E-state index in [0.29, 0.717) is 0 Å². The van der Waals surface area contributed by atoms with Crippen molar-refractivity contribution in [3.05, 3.63) is 64.2 Å². The Balaban J connectivity index is 2.41. The van der Waals surface area contributed by atoms with Gasteiger partial charge in [-0.3, -0.25) is 4.79 Å². The summed E-state index contributed by atoms with van der Waals surface area (Å²) < 4.78 is 27.2. The van der Waals surface area contributed by atoms with Crippen molar-refractivity contribution in [2.75, 3.05) is 5.32 Å². The van der Waals surface area contributed by atoms with Crippen LogP contribution < -0.4 is 5.32 Å². The maximum Gasteiger partial charge on any atom is 0.337 e. The standard InChI is InChI=1S/C14H8ClF2NO3/c15-7-4-5-10(16)9(6-7)13(19)18-12-8(14(20)21)2-1-3-11(12)17/h1-6H,(H,18,19)(H,20,21). The van der Waals surface area contributed by atoms with Gasteiger partial charge in [0, 0.05) is 5.02 Å². The summed E-state index contributed by atoms with van der Waals surface area (Å²) in [5.41, 5.74) is -1.39. The van der Waals surface area contributed by atoms with Gasteiger partial charge in [-0.15, -0.1) is 0 Å². The normalized spacial score (nSPS) is 10.2. The molecule has 4 nitrogen and oxygen atoms in total. The van der Waals surface area contributed by atoms with Gasteiger partial charge in [-0.1, -0.05) is 17.7 Å². The zero-order valence-electron chi connectivity index (χ0n) is 10.4. The average Bonchev–Trinajstić information content (AvgIpc) is 2.43. The van der Waals surface area contributed by atoms with Crippen LogP contribution in [0.1, 0.15) is 20.7 Å². The predicted octanol–water partition coefficient (Wildman–Crippen LogP) is 3.57. The molecule has 7 heteroatoms. The Hall–Kier alpha value is -2.47. The van der Waals surface area contributed by atoms with Gasteiger partial charge >= 0.3 is 5.97 Å². The summed E-state index contributed by atoms with van der Waals surface area (Å²) in [6.45, 7) is 0. The number of carbonyl (C=O) groups excluding carboxylic acids is 1.